The van der Waals surface area contributed by atoms with Gasteiger partial charge in [0, 0.05) is 19.9 Å². The Kier molecular flexibility index (Phi) is 3.72. The van der Waals surface area contributed by atoms with Crippen molar-refractivity contribution in [1.29, 1.82) is 0 Å². The second-order valence-corrected chi connectivity index (χ2v) is 4.56. The van der Waals surface area contributed by atoms with Gasteiger partial charge in [0.15, 0.2) is 12.0 Å². The van der Waals surface area contributed by atoms with E-state index in [4.69, 9.17) is 0 Å². The number of carbonyl (C=O) groups is 1. The Balaban J connectivity index is 2.36. The lowest BCUT2D eigenvalue weighted by Crippen LogP contribution is -2.30. The van der Waals surface area contributed by atoms with E-state index in [1.54, 1.807) is 0 Å². The molecule has 2 heterocycles. The van der Waals surface area contributed by atoms with Crippen LogP contribution >= 0.6 is 0 Å². The van der Waals surface area contributed by atoms with Crippen molar-refractivity contribution in [2.24, 2.45) is 0 Å². The van der Waals surface area contributed by atoms with E-state index in [2.05, 4.69) is 14.9 Å². The topological polar surface area (TPSA) is 60.3 Å². The van der Waals surface area contributed by atoms with Gasteiger partial charge in [0.25, 0.3) is 5.92 Å². The minimum absolute atomic E-state index is 0.240. The van der Waals surface area contributed by atoms with Crippen LogP contribution < -0.4 is 0 Å². The molecule has 1 aromatic rings. The van der Waals surface area contributed by atoms with Crippen LogP contribution in [-0.4, -0.2) is 45.8 Å². The van der Waals surface area contributed by atoms with Gasteiger partial charge in [-0.3, -0.25) is 9.63 Å². The van der Waals surface area contributed by atoms with E-state index in [0.717, 1.165) is 9.75 Å². The molecule has 112 valence electrons. The number of fused-ring (bicyclic) bond motifs is 1. The lowest BCUT2D eigenvalue weighted by molar-refractivity contribution is -0.0768. The Hall–Kier alpha value is -1.64. The fourth-order valence-corrected chi connectivity index (χ4v) is 2.08. The van der Waals surface area contributed by atoms with Crippen molar-refractivity contribution in [2.45, 2.75) is 37.9 Å². The fourth-order valence-electron chi connectivity index (χ4n) is 2.08. The van der Waals surface area contributed by atoms with Crippen LogP contribution in [0.15, 0.2) is 0 Å². The molecule has 0 aromatic carbocycles. The van der Waals surface area contributed by atoms with Crippen LogP contribution in [0.2, 0.25) is 0 Å². The number of halogens is 3. The van der Waals surface area contributed by atoms with Crippen molar-refractivity contribution in [2.75, 3.05) is 14.2 Å². The second kappa shape index (κ2) is 5.04. The molecule has 2 atom stereocenters. The maximum absolute atomic E-state index is 13.8. The van der Waals surface area contributed by atoms with E-state index in [1.807, 2.05) is 0 Å². The van der Waals surface area contributed by atoms with Crippen LogP contribution in [0.5, 0.6) is 0 Å². The van der Waals surface area contributed by atoms with E-state index >= 15 is 0 Å². The first-order valence-electron chi connectivity index (χ1n) is 6.12. The number of aromatic nitrogens is 3. The summed E-state index contributed by atoms with van der Waals surface area (Å²) < 4.78 is 42.1. The molecule has 0 saturated heterocycles. The van der Waals surface area contributed by atoms with Crippen molar-refractivity contribution in [3.8, 4) is 0 Å². The van der Waals surface area contributed by atoms with Gasteiger partial charge in [0.1, 0.15) is 6.04 Å². The predicted molar refractivity (Wildman–Crippen MR) is 61.9 cm³/mol. The summed E-state index contributed by atoms with van der Waals surface area (Å²) in [6, 6.07) is -1.42. The molecule has 0 bridgehead atoms. The number of nitrogens with zero attached hydrogens (tertiary/aromatic N) is 4. The van der Waals surface area contributed by atoms with Crippen LogP contribution in [0.4, 0.5) is 13.2 Å². The number of rotatable bonds is 4. The molecule has 0 unspecified atom stereocenters. The zero-order chi connectivity index (χ0) is 15.1. The molecule has 1 aromatic heterocycles. The molecule has 9 heteroatoms. The van der Waals surface area contributed by atoms with Crippen molar-refractivity contribution in [3.05, 3.63) is 11.6 Å². The standard InChI is InChI=1S/C11H15F3N4O2/c1-4-11(13,14)7-5-6(12)9-15-8(16-18(7)9)10(19)17(2)20-3/h6-7H,4-5H2,1-3H3/t6-,7-/m0/s1. The zero-order valence-electron chi connectivity index (χ0n) is 11.3. The Bertz CT molecular complexity index is 520. The quantitative estimate of drug-likeness (QED) is 0.795. The third-order valence-corrected chi connectivity index (χ3v) is 3.37. The van der Waals surface area contributed by atoms with Crippen LogP contribution in [0.25, 0.3) is 0 Å². The average molecular weight is 292 g/mol. The second-order valence-electron chi connectivity index (χ2n) is 4.56. The molecule has 1 amide bonds. The number of hydrogen-bond acceptors (Lipinski definition) is 4. The first-order chi connectivity index (χ1) is 9.31. The first-order valence-corrected chi connectivity index (χ1v) is 6.12. The minimum atomic E-state index is -3.10. The molecular formula is C11H15F3N4O2. The summed E-state index contributed by atoms with van der Waals surface area (Å²) in [6.45, 7) is 1.31. The van der Waals surface area contributed by atoms with E-state index in [1.165, 1.54) is 21.1 Å². The van der Waals surface area contributed by atoms with Crippen LogP contribution in [-0.2, 0) is 4.84 Å². The van der Waals surface area contributed by atoms with Crippen LogP contribution in [0, 0.1) is 0 Å². The van der Waals surface area contributed by atoms with Gasteiger partial charge in [-0.15, -0.1) is 5.10 Å². The molecule has 2 rings (SSSR count). The van der Waals surface area contributed by atoms with Crippen molar-refractivity contribution < 1.29 is 22.8 Å². The van der Waals surface area contributed by atoms with Crippen LogP contribution in [0.3, 0.4) is 0 Å². The highest BCUT2D eigenvalue weighted by Crippen LogP contribution is 2.45. The Morgan fingerprint density at radius 3 is 2.80 bits per heavy atom. The molecule has 0 N–H and O–H groups in total. The summed E-state index contributed by atoms with van der Waals surface area (Å²) in [5.74, 6) is -4.42. The van der Waals surface area contributed by atoms with E-state index < -0.39 is 30.5 Å². The normalized spacial score (nSPS) is 21.9. The lowest BCUT2D eigenvalue weighted by Gasteiger charge is -2.22. The predicted octanol–water partition coefficient (Wildman–Crippen LogP) is 1.91. The van der Waals surface area contributed by atoms with E-state index in [9.17, 15) is 18.0 Å². The molecule has 0 aliphatic carbocycles. The van der Waals surface area contributed by atoms with E-state index in [-0.39, 0.29) is 18.1 Å². The highest BCUT2D eigenvalue weighted by molar-refractivity contribution is 5.89. The van der Waals surface area contributed by atoms with Crippen LogP contribution in [0.1, 0.15) is 48.4 Å². The van der Waals surface area contributed by atoms with Gasteiger partial charge >= 0.3 is 5.91 Å². The number of carbonyl (C=O) groups excluding carboxylic acids is 1. The molecule has 0 fully saturated rings. The molecule has 6 nitrogen and oxygen atoms in total. The summed E-state index contributed by atoms with van der Waals surface area (Å²) in [5, 5.41) is 4.56. The SMILES string of the molecule is CCC(F)(F)[C@@H]1C[C@H](F)c2nc(C(=O)N(C)OC)nn21. The monoisotopic (exact) mass is 292 g/mol. The van der Waals surface area contributed by atoms with E-state index in [0.29, 0.717) is 0 Å². The van der Waals surface area contributed by atoms with Crippen molar-refractivity contribution in [3.63, 3.8) is 0 Å². The molecule has 20 heavy (non-hydrogen) atoms. The lowest BCUT2D eigenvalue weighted by atomic mass is 10.1. The molecule has 0 spiro atoms. The number of amides is 1. The molecule has 0 saturated carbocycles. The average Bonchev–Trinajstić information content (AvgIpc) is 2.98. The Morgan fingerprint density at radius 2 is 2.25 bits per heavy atom. The molecular weight excluding hydrogens is 277 g/mol. The van der Waals surface area contributed by atoms with Gasteiger partial charge < -0.3 is 0 Å². The number of hydroxylamine groups is 2. The summed E-state index contributed by atoms with van der Waals surface area (Å²) in [5.41, 5.74) is 0. The summed E-state index contributed by atoms with van der Waals surface area (Å²) >= 11 is 0. The van der Waals surface area contributed by atoms with Gasteiger partial charge in [-0.25, -0.2) is 27.9 Å². The van der Waals surface area contributed by atoms with Gasteiger partial charge in [-0.2, -0.15) is 0 Å². The molecule has 1 aliphatic rings. The minimum Gasteiger partial charge on any atom is -0.274 e. The van der Waals surface area contributed by atoms with Gasteiger partial charge in [0.05, 0.1) is 7.11 Å². The number of hydrogen-bond donors (Lipinski definition) is 0. The summed E-state index contributed by atoms with van der Waals surface area (Å²) in [6.07, 6.45) is -2.48. The summed E-state index contributed by atoms with van der Waals surface area (Å²) in [4.78, 5) is 20.1. The number of alkyl halides is 3. The van der Waals surface area contributed by atoms with Gasteiger partial charge in [-0.1, -0.05) is 6.92 Å². The zero-order valence-corrected chi connectivity index (χ0v) is 11.3. The highest BCUT2D eigenvalue weighted by atomic mass is 19.3. The highest BCUT2D eigenvalue weighted by Gasteiger charge is 2.48. The maximum atomic E-state index is 13.8. The maximum Gasteiger partial charge on any atom is 0.316 e. The van der Waals surface area contributed by atoms with Crippen molar-refractivity contribution in [1.82, 2.24) is 19.8 Å². The fraction of sp³-hybridized carbons (Fsp3) is 0.727. The smallest absolute Gasteiger partial charge is 0.274 e. The third-order valence-electron chi connectivity index (χ3n) is 3.37. The molecule has 1 aliphatic heterocycles. The largest absolute Gasteiger partial charge is 0.316 e. The first kappa shape index (κ1) is 14.8. The summed E-state index contributed by atoms with van der Waals surface area (Å²) in [7, 11) is 2.58. The Morgan fingerprint density at radius 1 is 1.60 bits per heavy atom. The molecule has 0 radical (unpaired) electrons. The van der Waals surface area contributed by atoms with Gasteiger partial charge in [-0.05, 0) is 0 Å². The third kappa shape index (κ3) is 2.26. The van der Waals surface area contributed by atoms with Crippen molar-refractivity contribution >= 4 is 5.91 Å². The van der Waals surface area contributed by atoms with Gasteiger partial charge in [0.2, 0.25) is 5.82 Å². The Labute approximate surface area is 113 Å².